The van der Waals surface area contributed by atoms with Crippen LogP contribution < -0.4 is 28.9 Å². The Morgan fingerprint density at radius 2 is 0.409 bits per heavy atom. The molecule has 0 aliphatic carbocycles. The van der Waals surface area contributed by atoms with Crippen LogP contribution in [-0.2, 0) is 0 Å². The molecule has 0 saturated heterocycles. The highest BCUT2D eigenvalue weighted by Crippen LogP contribution is 2.56. The van der Waals surface area contributed by atoms with Crippen molar-refractivity contribution < 1.29 is 14.2 Å². The van der Waals surface area contributed by atoms with Gasteiger partial charge in [0, 0.05) is 17.1 Å². The third-order valence-corrected chi connectivity index (χ3v) is 22.3. The Morgan fingerprint density at radius 1 is 0.165 bits per heavy atom. The molecule has 0 unspecified atom stereocenters. The monoisotopic (exact) mass is 1480 g/mol. The number of fused-ring (bicyclic) bond motifs is 10. The van der Waals surface area contributed by atoms with E-state index in [4.69, 9.17) is 14.2 Å². The summed E-state index contributed by atoms with van der Waals surface area (Å²) < 4.78 is 20.0. The number of hydrogen-bond acceptors (Lipinski definition) is 6. The van der Waals surface area contributed by atoms with Crippen LogP contribution >= 0.6 is 0 Å². The Labute approximate surface area is 670 Å². The van der Waals surface area contributed by atoms with Gasteiger partial charge < -0.3 is 28.9 Å². The molecule has 3 aliphatic rings. The normalized spacial score (nSPS) is 12.1. The predicted octanol–water partition coefficient (Wildman–Crippen LogP) is 31.3. The predicted molar refractivity (Wildman–Crippen MR) is 480 cm³/mol. The first kappa shape index (κ1) is 69.2. The molecule has 3 heterocycles. The molecule has 546 valence electrons. The molecule has 0 saturated carbocycles. The van der Waals surface area contributed by atoms with Crippen molar-refractivity contribution in [1.82, 2.24) is 0 Å². The van der Waals surface area contributed by atoms with Crippen molar-refractivity contribution in [1.29, 1.82) is 0 Å². The number of aryl methyl sites for hydroxylation is 3. The number of nitrogens with zero attached hydrogens (tertiary/aromatic N) is 3. The number of hydrogen-bond donors (Lipinski definition) is 0. The maximum absolute atomic E-state index is 6.76. The zero-order valence-corrected chi connectivity index (χ0v) is 63.8. The van der Waals surface area contributed by atoms with Crippen LogP contribution in [0.3, 0.4) is 0 Å². The van der Waals surface area contributed by atoms with E-state index in [-0.39, 0.29) is 0 Å². The van der Waals surface area contributed by atoms with Gasteiger partial charge in [-0.2, -0.15) is 0 Å². The molecule has 0 atom stereocenters. The van der Waals surface area contributed by atoms with E-state index in [1.165, 1.54) is 93.2 Å². The summed E-state index contributed by atoms with van der Waals surface area (Å²) in [6, 6.07) is 146. The van der Waals surface area contributed by atoms with Gasteiger partial charge in [0.1, 0.15) is 0 Å². The molecular formula is C109H77N3O3. The van der Waals surface area contributed by atoms with Crippen LogP contribution in [-0.4, -0.2) is 0 Å². The lowest BCUT2D eigenvalue weighted by Gasteiger charge is -2.33. The van der Waals surface area contributed by atoms with Crippen molar-refractivity contribution >= 4 is 94.3 Å². The first-order valence-electron chi connectivity index (χ1n) is 39.2. The highest BCUT2D eigenvalue weighted by atomic mass is 16.5. The molecule has 3 aliphatic heterocycles. The molecule has 6 nitrogen and oxygen atoms in total. The SMILES string of the molecule is Cc1ccc(N2c3ccc(-c4ccc5ccccc5c4)cc3Oc3cc(-c4ccc5ccccc5c4)ccc32)cc1.Cc1ccc(N2c3ccc(-c4cccc5ccccc45)cc3Oc3cc(-c4cccc5ccccc45)ccc32)cc1.Cc1ccc(N2c3ccc(-c4ccccc4)cc3Oc3cc(-c4ccccc4)ccc32)cc1. The summed E-state index contributed by atoms with van der Waals surface area (Å²) in [5, 5.41) is 9.88. The van der Waals surface area contributed by atoms with Gasteiger partial charge in [-0.3, -0.25) is 0 Å². The Balaban J connectivity index is 0.000000112. The molecular weight excluding hydrogens is 1400 g/mol. The van der Waals surface area contributed by atoms with Crippen LogP contribution in [0.1, 0.15) is 16.7 Å². The van der Waals surface area contributed by atoms with Gasteiger partial charge in [0.25, 0.3) is 0 Å². The van der Waals surface area contributed by atoms with Gasteiger partial charge in [-0.05, 0) is 252 Å². The molecule has 115 heavy (non-hydrogen) atoms. The molecule has 22 rings (SSSR count). The van der Waals surface area contributed by atoms with Crippen molar-refractivity contribution in [2.24, 2.45) is 0 Å². The van der Waals surface area contributed by atoms with Crippen molar-refractivity contribution in [3.05, 3.63) is 429 Å². The van der Waals surface area contributed by atoms with E-state index in [2.05, 4.69) is 436 Å². The van der Waals surface area contributed by atoms with E-state index in [1.54, 1.807) is 0 Å². The molecule has 0 amide bonds. The van der Waals surface area contributed by atoms with Crippen molar-refractivity contribution in [2.75, 3.05) is 14.7 Å². The minimum atomic E-state index is 0.846. The van der Waals surface area contributed by atoms with E-state index in [0.29, 0.717) is 0 Å². The standard InChI is InChI=1S/2C39H27NO.C31H23NO/c1-26-16-20-31(21-17-26)40-36-22-18-29(34-14-6-10-27-8-2-4-12-32(27)34)24-38(36)41-39-25-30(19-23-37(39)40)35-15-7-11-28-9-3-5-13-33(28)35;1-26-10-18-35(19-11-26)40-36-20-16-33(31-14-12-27-6-2-4-8-29(27)22-31)24-38(36)41-39-25-34(17-21-37(39)40)32-15-13-28-7-3-5-9-30(28)23-32;1-22-12-16-27(17-13-22)32-28-18-14-25(23-8-4-2-5-9-23)20-30(28)33-31-21-26(15-19-29(31)32)24-10-6-3-7-11-24/h2*2-25H,1H3;2-21H,1H3. The van der Waals surface area contributed by atoms with Crippen LogP contribution in [0, 0.1) is 20.8 Å². The topological polar surface area (TPSA) is 37.4 Å². The fourth-order valence-corrected chi connectivity index (χ4v) is 16.4. The quantitative estimate of drug-likeness (QED) is 0.143. The molecule has 19 aromatic carbocycles. The lowest BCUT2D eigenvalue weighted by atomic mass is 9.96. The highest BCUT2D eigenvalue weighted by Gasteiger charge is 2.31. The molecule has 0 radical (unpaired) electrons. The van der Waals surface area contributed by atoms with Crippen molar-refractivity contribution in [3.8, 4) is 101 Å². The minimum absolute atomic E-state index is 0.846. The van der Waals surface area contributed by atoms with Gasteiger partial charge in [-0.1, -0.05) is 308 Å². The van der Waals surface area contributed by atoms with Gasteiger partial charge in [-0.15, -0.1) is 0 Å². The average Bonchev–Trinajstić information content (AvgIpc) is 0.754. The highest BCUT2D eigenvalue weighted by molar-refractivity contribution is 6.01. The summed E-state index contributed by atoms with van der Waals surface area (Å²) in [5.41, 5.74) is 27.2. The summed E-state index contributed by atoms with van der Waals surface area (Å²) >= 11 is 0. The first-order chi connectivity index (χ1) is 56.7. The Hall–Kier alpha value is -15.0. The van der Waals surface area contributed by atoms with E-state index in [1.807, 2.05) is 12.1 Å². The number of anilines is 9. The Bertz CT molecular complexity index is 6560. The lowest BCUT2D eigenvalue weighted by molar-refractivity contribution is 0.477. The largest absolute Gasteiger partial charge is 0.453 e. The second-order valence-corrected chi connectivity index (χ2v) is 29.8. The maximum atomic E-state index is 6.76. The Morgan fingerprint density at radius 3 is 0.739 bits per heavy atom. The molecule has 0 fully saturated rings. The zero-order valence-electron chi connectivity index (χ0n) is 63.8. The second-order valence-electron chi connectivity index (χ2n) is 29.8. The third kappa shape index (κ3) is 13.5. The summed E-state index contributed by atoms with van der Waals surface area (Å²) in [6.45, 7) is 6.36. The van der Waals surface area contributed by atoms with E-state index in [9.17, 15) is 0 Å². The van der Waals surface area contributed by atoms with Gasteiger partial charge in [0.05, 0.1) is 34.1 Å². The van der Waals surface area contributed by atoms with E-state index in [0.717, 1.165) is 119 Å². The average molecular weight is 1480 g/mol. The lowest BCUT2D eigenvalue weighted by Crippen LogP contribution is -2.16. The number of benzene rings is 19. The summed E-state index contributed by atoms with van der Waals surface area (Å²) in [5.74, 6) is 5.10. The minimum Gasteiger partial charge on any atom is -0.453 e. The fourth-order valence-electron chi connectivity index (χ4n) is 16.4. The summed E-state index contributed by atoms with van der Waals surface area (Å²) in [6.07, 6.45) is 0. The van der Waals surface area contributed by atoms with Gasteiger partial charge in [-0.25, -0.2) is 0 Å². The van der Waals surface area contributed by atoms with Crippen LogP contribution in [0.2, 0.25) is 0 Å². The molecule has 19 aromatic rings. The molecule has 0 spiro atoms. The third-order valence-electron chi connectivity index (χ3n) is 22.3. The van der Waals surface area contributed by atoms with Crippen molar-refractivity contribution in [2.45, 2.75) is 20.8 Å². The number of rotatable bonds is 9. The van der Waals surface area contributed by atoms with Crippen LogP contribution in [0.25, 0.3) is 110 Å². The van der Waals surface area contributed by atoms with Crippen LogP contribution in [0.4, 0.5) is 51.2 Å². The first-order valence-corrected chi connectivity index (χ1v) is 39.2. The van der Waals surface area contributed by atoms with Gasteiger partial charge in [0.2, 0.25) is 0 Å². The van der Waals surface area contributed by atoms with Crippen molar-refractivity contribution in [3.63, 3.8) is 0 Å². The summed E-state index contributed by atoms with van der Waals surface area (Å²) in [7, 11) is 0. The smallest absolute Gasteiger partial charge is 0.152 e. The van der Waals surface area contributed by atoms with Crippen LogP contribution in [0.5, 0.6) is 34.5 Å². The van der Waals surface area contributed by atoms with E-state index >= 15 is 0 Å². The molecule has 0 N–H and O–H groups in total. The van der Waals surface area contributed by atoms with Gasteiger partial charge in [0.15, 0.2) is 34.5 Å². The molecule has 0 aromatic heterocycles. The zero-order chi connectivity index (χ0) is 76.9. The second kappa shape index (κ2) is 29.7. The fraction of sp³-hybridized carbons (Fsp3) is 0.0275. The molecule has 0 bridgehead atoms. The molecule has 6 heteroatoms. The number of ether oxygens (including phenoxy) is 3. The van der Waals surface area contributed by atoms with Gasteiger partial charge >= 0.3 is 0 Å². The maximum Gasteiger partial charge on any atom is 0.152 e. The van der Waals surface area contributed by atoms with E-state index < -0.39 is 0 Å². The van der Waals surface area contributed by atoms with Crippen LogP contribution in [0.15, 0.2) is 413 Å². The Kier molecular flexibility index (Phi) is 17.9. The summed E-state index contributed by atoms with van der Waals surface area (Å²) in [4.78, 5) is 6.91.